The van der Waals surface area contributed by atoms with Crippen LogP contribution in [0.5, 0.6) is 0 Å². The Labute approximate surface area is 118 Å². The Balaban J connectivity index is 1.50. The van der Waals surface area contributed by atoms with Gasteiger partial charge in [0.1, 0.15) is 0 Å². The van der Waals surface area contributed by atoms with E-state index in [1.54, 1.807) is 0 Å². The topological polar surface area (TPSA) is 15.3 Å². The second-order valence-electron chi connectivity index (χ2n) is 5.90. The molecule has 1 saturated carbocycles. The van der Waals surface area contributed by atoms with Crippen molar-refractivity contribution in [2.75, 3.05) is 25.0 Å². The highest BCUT2D eigenvalue weighted by molar-refractivity contribution is 5.46. The zero-order chi connectivity index (χ0) is 13.5. The van der Waals surface area contributed by atoms with Gasteiger partial charge >= 0.3 is 0 Å². The van der Waals surface area contributed by atoms with Crippen LogP contribution in [0.1, 0.15) is 44.1 Å². The molecular formula is C17H28N2. The number of rotatable bonds is 9. The van der Waals surface area contributed by atoms with E-state index in [9.17, 15) is 0 Å². The smallest absolute Gasteiger partial charge is 0.0363 e. The molecule has 0 amide bonds. The summed E-state index contributed by atoms with van der Waals surface area (Å²) in [6.07, 6.45) is 8.16. The van der Waals surface area contributed by atoms with Crippen molar-refractivity contribution in [2.45, 2.75) is 51.5 Å². The van der Waals surface area contributed by atoms with Crippen LogP contribution in [0.25, 0.3) is 0 Å². The Morgan fingerprint density at radius 3 is 2.42 bits per heavy atom. The Morgan fingerprint density at radius 2 is 1.74 bits per heavy atom. The number of hydrogen-bond acceptors (Lipinski definition) is 2. The summed E-state index contributed by atoms with van der Waals surface area (Å²) in [7, 11) is 2.19. The summed E-state index contributed by atoms with van der Waals surface area (Å²) in [6, 6.07) is 9.68. The maximum atomic E-state index is 3.58. The average Bonchev–Trinajstić information content (AvgIpc) is 3.22. The van der Waals surface area contributed by atoms with Crippen LogP contribution < -0.4 is 10.2 Å². The molecule has 1 aromatic carbocycles. The van der Waals surface area contributed by atoms with Gasteiger partial charge in [0.05, 0.1) is 0 Å². The Bertz CT molecular complexity index is 354. The maximum absolute atomic E-state index is 3.58. The molecular weight excluding hydrogens is 232 g/mol. The second kappa shape index (κ2) is 7.54. The van der Waals surface area contributed by atoms with E-state index in [1.807, 2.05) is 0 Å². The molecule has 0 heterocycles. The summed E-state index contributed by atoms with van der Waals surface area (Å²) < 4.78 is 0. The first-order chi connectivity index (χ1) is 9.25. The van der Waals surface area contributed by atoms with Gasteiger partial charge < -0.3 is 10.2 Å². The molecule has 19 heavy (non-hydrogen) atoms. The van der Waals surface area contributed by atoms with E-state index in [4.69, 9.17) is 0 Å². The SMILES string of the molecule is Cc1ccc(N(C)CCCCCCNC2CC2)cc1. The monoisotopic (exact) mass is 260 g/mol. The summed E-state index contributed by atoms with van der Waals surface area (Å²) in [5.74, 6) is 0. The van der Waals surface area contributed by atoms with Crippen molar-refractivity contribution in [1.29, 1.82) is 0 Å². The van der Waals surface area contributed by atoms with E-state index in [-0.39, 0.29) is 0 Å². The lowest BCUT2D eigenvalue weighted by molar-refractivity contribution is 0.585. The lowest BCUT2D eigenvalue weighted by Crippen LogP contribution is -2.19. The van der Waals surface area contributed by atoms with E-state index in [2.05, 4.69) is 48.5 Å². The van der Waals surface area contributed by atoms with Gasteiger partial charge in [-0.05, 0) is 51.3 Å². The van der Waals surface area contributed by atoms with Crippen LogP contribution in [0.15, 0.2) is 24.3 Å². The minimum atomic E-state index is 0.868. The normalized spacial score (nSPS) is 14.6. The molecule has 0 aromatic heterocycles. The predicted octanol–water partition coefficient (Wildman–Crippen LogP) is 3.74. The highest BCUT2D eigenvalue weighted by Gasteiger charge is 2.19. The molecule has 1 aromatic rings. The van der Waals surface area contributed by atoms with Gasteiger partial charge in [0, 0.05) is 25.3 Å². The van der Waals surface area contributed by atoms with E-state index in [1.165, 1.54) is 62.9 Å². The first kappa shape index (κ1) is 14.4. The van der Waals surface area contributed by atoms with Gasteiger partial charge in [0.2, 0.25) is 0 Å². The molecule has 0 aliphatic heterocycles. The summed E-state index contributed by atoms with van der Waals surface area (Å²) in [6.45, 7) is 4.52. The summed E-state index contributed by atoms with van der Waals surface area (Å²) in [5.41, 5.74) is 2.67. The summed E-state index contributed by atoms with van der Waals surface area (Å²) in [5, 5.41) is 3.58. The van der Waals surface area contributed by atoms with Crippen LogP contribution in [0.4, 0.5) is 5.69 Å². The van der Waals surface area contributed by atoms with Crippen LogP contribution in [0, 0.1) is 6.92 Å². The van der Waals surface area contributed by atoms with Gasteiger partial charge in [-0.15, -0.1) is 0 Å². The molecule has 1 fully saturated rings. The Hall–Kier alpha value is -1.02. The van der Waals surface area contributed by atoms with Crippen LogP contribution >= 0.6 is 0 Å². The zero-order valence-electron chi connectivity index (χ0n) is 12.5. The van der Waals surface area contributed by atoms with Crippen LogP contribution in [0.2, 0.25) is 0 Å². The Morgan fingerprint density at radius 1 is 1.05 bits per heavy atom. The van der Waals surface area contributed by atoms with Crippen molar-refractivity contribution in [1.82, 2.24) is 5.32 Å². The highest BCUT2D eigenvalue weighted by atomic mass is 15.1. The minimum absolute atomic E-state index is 0.868. The van der Waals surface area contributed by atoms with Crippen molar-refractivity contribution < 1.29 is 0 Å². The number of nitrogens with zero attached hydrogens (tertiary/aromatic N) is 1. The molecule has 2 heteroatoms. The molecule has 1 N–H and O–H groups in total. The molecule has 0 radical (unpaired) electrons. The van der Waals surface area contributed by atoms with E-state index < -0.39 is 0 Å². The van der Waals surface area contributed by atoms with Gasteiger partial charge in [-0.2, -0.15) is 0 Å². The third kappa shape index (κ3) is 5.65. The first-order valence-corrected chi connectivity index (χ1v) is 7.77. The molecule has 0 spiro atoms. The number of nitrogens with one attached hydrogen (secondary N) is 1. The number of anilines is 1. The standard InChI is InChI=1S/C17H28N2/c1-15-7-11-17(12-8-15)19(2)14-6-4-3-5-13-18-16-9-10-16/h7-8,11-12,16,18H,3-6,9-10,13-14H2,1-2H3. The fourth-order valence-electron chi connectivity index (χ4n) is 2.35. The van der Waals surface area contributed by atoms with Gasteiger partial charge in [0.15, 0.2) is 0 Å². The maximum Gasteiger partial charge on any atom is 0.0363 e. The van der Waals surface area contributed by atoms with Crippen molar-refractivity contribution in [2.24, 2.45) is 0 Å². The zero-order valence-corrected chi connectivity index (χ0v) is 12.5. The van der Waals surface area contributed by atoms with Crippen molar-refractivity contribution in [3.8, 4) is 0 Å². The van der Waals surface area contributed by atoms with Gasteiger partial charge in [-0.3, -0.25) is 0 Å². The molecule has 1 aliphatic carbocycles. The number of hydrogen-bond donors (Lipinski definition) is 1. The molecule has 1 aliphatic rings. The van der Waals surface area contributed by atoms with E-state index in [0.717, 1.165) is 6.04 Å². The van der Waals surface area contributed by atoms with Crippen LogP contribution in [-0.2, 0) is 0 Å². The highest BCUT2D eigenvalue weighted by Crippen LogP contribution is 2.18. The fourth-order valence-corrected chi connectivity index (χ4v) is 2.35. The third-order valence-corrected chi connectivity index (χ3v) is 3.91. The predicted molar refractivity (Wildman–Crippen MR) is 83.9 cm³/mol. The number of benzene rings is 1. The van der Waals surface area contributed by atoms with E-state index in [0.29, 0.717) is 0 Å². The van der Waals surface area contributed by atoms with Gasteiger partial charge in [-0.1, -0.05) is 30.5 Å². The Kier molecular flexibility index (Phi) is 5.71. The second-order valence-corrected chi connectivity index (χ2v) is 5.90. The largest absolute Gasteiger partial charge is 0.375 e. The van der Waals surface area contributed by atoms with Crippen molar-refractivity contribution in [3.63, 3.8) is 0 Å². The molecule has 0 unspecified atom stereocenters. The number of aryl methyl sites for hydroxylation is 1. The number of unbranched alkanes of at least 4 members (excludes halogenated alkanes) is 3. The molecule has 2 rings (SSSR count). The van der Waals surface area contributed by atoms with Crippen LogP contribution in [0.3, 0.4) is 0 Å². The molecule has 2 nitrogen and oxygen atoms in total. The molecule has 106 valence electrons. The lowest BCUT2D eigenvalue weighted by atomic mass is 10.1. The minimum Gasteiger partial charge on any atom is -0.375 e. The molecule has 0 atom stereocenters. The fraction of sp³-hybridized carbons (Fsp3) is 0.647. The summed E-state index contributed by atoms with van der Waals surface area (Å²) in [4.78, 5) is 2.36. The molecule has 0 bridgehead atoms. The van der Waals surface area contributed by atoms with Gasteiger partial charge in [0.25, 0.3) is 0 Å². The lowest BCUT2D eigenvalue weighted by Gasteiger charge is -2.19. The van der Waals surface area contributed by atoms with Crippen molar-refractivity contribution in [3.05, 3.63) is 29.8 Å². The van der Waals surface area contributed by atoms with Gasteiger partial charge in [-0.25, -0.2) is 0 Å². The molecule has 0 saturated heterocycles. The average molecular weight is 260 g/mol. The third-order valence-electron chi connectivity index (χ3n) is 3.91. The van der Waals surface area contributed by atoms with E-state index >= 15 is 0 Å². The quantitative estimate of drug-likeness (QED) is 0.680. The first-order valence-electron chi connectivity index (χ1n) is 7.77. The van der Waals surface area contributed by atoms with Crippen LogP contribution in [-0.4, -0.2) is 26.2 Å². The summed E-state index contributed by atoms with van der Waals surface area (Å²) >= 11 is 0. The van der Waals surface area contributed by atoms with Crippen molar-refractivity contribution >= 4 is 5.69 Å².